The van der Waals surface area contributed by atoms with Gasteiger partial charge in [0.15, 0.2) is 0 Å². The molecular weight excluding hydrogens is 549 g/mol. The first kappa shape index (κ1) is 28.3. The summed E-state index contributed by atoms with van der Waals surface area (Å²) in [4.78, 5) is 20.9. The zero-order valence-corrected chi connectivity index (χ0v) is 24.7. The number of thiophene rings is 1. The number of hydrogen-bond donors (Lipinski definition) is 1. The highest BCUT2D eigenvalue weighted by atomic mass is 35.5. The molecule has 4 aromatic rings. The van der Waals surface area contributed by atoms with Gasteiger partial charge in [0.25, 0.3) is 5.91 Å². The molecule has 9 heteroatoms. The monoisotopic (exact) mass is 581 g/mol. The molecule has 40 heavy (non-hydrogen) atoms. The standard InChI is InChI=1S/C31H33ClFN3O3S/c1-18-7-13-24(33)28-26(18)27(32)29(40-28)31(37)36(22-11-9-21(34-2)10-12-22)17-20-16-19(8-14-25(20)38-3)23-6-5-15-35-30(23)39-4/h5-8,13-16,21-22,34H,9-12,17H2,1-4H3/t21-,22-. The van der Waals surface area contributed by atoms with Crippen molar-refractivity contribution >= 4 is 38.9 Å². The van der Waals surface area contributed by atoms with Gasteiger partial charge in [-0.3, -0.25) is 4.79 Å². The lowest BCUT2D eigenvalue weighted by Gasteiger charge is -2.37. The van der Waals surface area contributed by atoms with Crippen molar-refractivity contribution in [1.82, 2.24) is 15.2 Å². The number of aryl methyl sites for hydroxylation is 1. The van der Waals surface area contributed by atoms with Crippen LogP contribution >= 0.6 is 22.9 Å². The van der Waals surface area contributed by atoms with Crippen molar-refractivity contribution in [2.24, 2.45) is 0 Å². The summed E-state index contributed by atoms with van der Waals surface area (Å²) < 4.78 is 26.4. The topological polar surface area (TPSA) is 63.7 Å². The molecule has 2 aromatic heterocycles. The van der Waals surface area contributed by atoms with E-state index in [-0.39, 0.29) is 17.8 Å². The fourth-order valence-electron chi connectivity index (χ4n) is 5.63. The molecule has 210 valence electrons. The van der Waals surface area contributed by atoms with Crippen LogP contribution in [0, 0.1) is 12.7 Å². The highest BCUT2D eigenvalue weighted by Gasteiger charge is 2.33. The van der Waals surface area contributed by atoms with Crippen molar-refractivity contribution in [3.05, 3.63) is 75.5 Å². The number of rotatable bonds is 8. The number of amides is 1. The minimum absolute atomic E-state index is 0.00520. The van der Waals surface area contributed by atoms with Crippen molar-refractivity contribution in [2.75, 3.05) is 21.3 Å². The average Bonchev–Trinajstić information content (AvgIpc) is 3.35. The molecule has 5 rings (SSSR count). The molecule has 0 aliphatic heterocycles. The first-order chi connectivity index (χ1) is 19.4. The maximum atomic E-state index is 14.8. The minimum Gasteiger partial charge on any atom is -0.496 e. The molecule has 1 aliphatic rings. The first-order valence-corrected chi connectivity index (χ1v) is 14.6. The summed E-state index contributed by atoms with van der Waals surface area (Å²) in [6.45, 7) is 2.20. The Balaban J connectivity index is 1.57. The summed E-state index contributed by atoms with van der Waals surface area (Å²) >= 11 is 7.93. The number of fused-ring (bicyclic) bond motifs is 1. The number of nitrogens with one attached hydrogen (secondary N) is 1. The van der Waals surface area contributed by atoms with Crippen LogP contribution in [-0.4, -0.2) is 49.1 Å². The maximum Gasteiger partial charge on any atom is 0.266 e. The highest BCUT2D eigenvalue weighted by molar-refractivity contribution is 7.21. The Morgan fingerprint density at radius 3 is 2.60 bits per heavy atom. The molecule has 1 amide bonds. The van der Waals surface area contributed by atoms with Crippen LogP contribution in [0.25, 0.3) is 21.2 Å². The number of pyridine rings is 1. The molecule has 1 saturated carbocycles. The second-order valence-corrected chi connectivity index (χ2v) is 11.5. The zero-order valence-electron chi connectivity index (χ0n) is 23.1. The Morgan fingerprint density at radius 2 is 1.93 bits per heavy atom. The molecule has 1 fully saturated rings. The van der Waals surface area contributed by atoms with Gasteiger partial charge < -0.3 is 19.7 Å². The number of carbonyl (C=O) groups is 1. The molecule has 1 N–H and O–H groups in total. The zero-order chi connectivity index (χ0) is 28.4. The lowest BCUT2D eigenvalue weighted by molar-refractivity contribution is 0.0604. The van der Waals surface area contributed by atoms with E-state index in [4.69, 9.17) is 21.1 Å². The van der Waals surface area contributed by atoms with E-state index in [1.807, 2.05) is 49.2 Å². The van der Waals surface area contributed by atoms with Gasteiger partial charge in [0, 0.05) is 41.3 Å². The van der Waals surface area contributed by atoms with Crippen LogP contribution in [0.15, 0.2) is 48.7 Å². The van der Waals surface area contributed by atoms with E-state index < -0.39 is 0 Å². The molecule has 0 atom stereocenters. The third-order valence-corrected chi connectivity index (χ3v) is 9.51. The van der Waals surface area contributed by atoms with Gasteiger partial charge in [0.05, 0.1) is 23.9 Å². The van der Waals surface area contributed by atoms with E-state index >= 15 is 0 Å². The minimum atomic E-state index is -0.368. The van der Waals surface area contributed by atoms with Crippen LogP contribution in [0.1, 0.15) is 46.5 Å². The Labute approximate surface area is 243 Å². The SMILES string of the molecule is CN[C@H]1CC[C@H](N(Cc2cc(-c3cccnc3OC)ccc2OC)C(=O)c2sc3c(F)ccc(C)c3c2Cl)CC1. The second-order valence-electron chi connectivity index (χ2n) is 10.1. The van der Waals surface area contributed by atoms with Crippen molar-refractivity contribution in [2.45, 2.75) is 51.2 Å². The molecule has 0 unspecified atom stereocenters. The molecule has 0 saturated heterocycles. The van der Waals surface area contributed by atoms with E-state index in [1.54, 1.807) is 26.5 Å². The summed E-state index contributed by atoms with van der Waals surface area (Å²) in [7, 11) is 5.20. The number of benzene rings is 2. The average molecular weight is 582 g/mol. The first-order valence-electron chi connectivity index (χ1n) is 13.4. The van der Waals surface area contributed by atoms with E-state index in [9.17, 15) is 9.18 Å². The smallest absolute Gasteiger partial charge is 0.266 e. The molecule has 0 radical (unpaired) electrons. The van der Waals surface area contributed by atoms with E-state index in [0.717, 1.165) is 59.3 Å². The Morgan fingerprint density at radius 1 is 1.15 bits per heavy atom. The Kier molecular flexibility index (Phi) is 8.59. The van der Waals surface area contributed by atoms with Crippen LogP contribution in [0.5, 0.6) is 11.6 Å². The Bertz CT molecular complexity index is 1530. The Hall–Kier alpha value is -3.20. The van der Waals surface area contributed by atoms with Gasteiger partial charge in [0.2, 0.25) is 5.88 Å². The van der Waals surface area contributed by atoms with E-state index in [2.05, 4.69) is 10.3 Å². The molecule has 0 bridgehead atoms. The second kappa shape index (κ2) is 12.1. The molecule has 1 aliphatic carbocycles. The van der Waals surface area contributed by atoms with Gasteiger partial charge in [-0.05, 0) is 81.1 Å². The lowest BCUT2D eigenvalue weighted by atomic mass is 9.89. The number of ether oxygens (including phenoxy) is 2. The normalized spacial score (nSPS) is 17.1. The predicted octanol–water partition coefficient (Wildman–Crippen LogP) is 7.25. The molecular formula is C31H33ClFN3O3S. The van der Waals surface area contributed by atoms with Crippen LogP contribution in [0.3, 0.4) is 0 Å². The fourth-order valence-corrected chi connectivity index (χ4v) is 7.25. The number of halogens is 2. The summed E-state index contributed by atoms with van der Waals surface area (Å²) in [5.41, 5.74) is 3.46. The molecule has 2 aromatic carbocycles. The quantitative estimate of drug-likeness (QED) is 0.237. The lowest BCUT2D eigenvalue weighted by Crippen LogP contribution is -2.44. The van der Waals surface area contributed by atoms with Crippen LogP contribution in [0.4, 0.5) is 4.39 Å². The third-order valence-electron chi connectivity index (χ3n) is 7.84. The maximum absolute atomic E-state index is 14.8. The number of carbonyl (C=O) groups excluding carboxylic acids is 1. The van der Waals surface area contributed by atoms with Crippen molar-refractivity contribution in [1.29, 1.82) is 0 Å². The van der Waals surface area contributed by atoms with Gasteiger partial charge >= 0.3 is 0 Å². The van der Waals surface area contributed by atoms with Crippen molar-refractivity contribution < 1.29 is 18.7 Å². The van der Waals surface area contributed by atoms with Gasteiger partial charge in [-0.25, -0.2) is 9.37 Å². The van der Waals surface area contributed by atoms with Gasteiger partial charge in [-0.1, -0.05) is 23.7 Å². The third kappa shape index (κ3) is 5.40. The number of hydrogen-bond acceptors (Lipinski definition) is 6. The van der Waals surface area contributed by atoms with Crippen LogP contribution in [0.2, 0.25) is 5.02 Å². The van der Waals surface area contributed by atoms with Crippen molar-refractivity contribution in [3.63, 3.8) is 0 Å². The summed E-state index contributed by atoms with van der Waals surface area (Å²) in [6.07, 6.45) is 5.32. The largest absolute Gasteiger partial charge is 0.496 e. The van der Waals surface area contributed by atoms with Gasteiger partial charge in [-0.2, -0.15) is 0 Å². The number of methoxy groups -OCH3 is 2. The fraction of sp³-hybridized carbons (Fsp3) is 0.355. The highest BCUT2D eigenvalue weighted by Crippen LogP contribution is 2.41. The number of aromatic nitrogens is 1. The van der Waals surface area contributed by atoms with Crippen molar-refractivity contribution in [3.8, 4) is 22.8 Å². The molecule has 2 heterocycles. The van der Waals surface area contributed by atoms with Crippen LogP contribution < -0.4 is 14.8 Å². The summed E-state index contributed by atoms with van der Waals surface area (Å²) in [5.74, 6) is 0.640. The molecule has 0 spiro atoms. The van der Waals surface area contributed by atoms with Gasteiger partial charge in [-0.15, -0.1) is 11.3 Å². The van der Waals surface area contributed by atoms with Gasteiger partial charge in [0.1, 0.15) is 16.4 Å². The van der Waals surface area contributed by atoms with E-state index in [1.165, 1.54) is 6.07 Å². The number of nitrogens with zero attached hydrogens (tertiary/aromatic N) is 2. The van der Waals surface area contributed by atoms with Crippen LogP contribution in [-0.2, 0) is 6.54 Å². The summed E-state index contributed by atoms with van der Waals surface area (Å²) in [6, 6.07) is 13.3. The molecule has 6 nitrogen and oxygen atoms in total. The van der Waals surface area contributed by atoms with E-state index in [0.29, 0.717) is 44.2 Å². The predicted molar refractivity (Wildman–Crippen MR) is 159 cm³/mol. The summed E-state index contributed by atoms with van der Waals surface area (Å²) in [5, 5.41) is 4.29.